The van der Waals surface area contributed by atoms with Gasteiger partial charge in [0.1, 0.15) is 6.61 Å². The minimum absolute atomic E-state index is 0.0975. The summed E-state index contributed by atoms with van der Waals surface area (Å²) in [6.07, 6.45) is 1.59. The van der Waals surface area contributed by atoms with E-state index in [1.807, 2.05) is 37.3 Å². The Balaban J connectivity index is 1.86. The number of hydrogen-bond donors (Lipinski definition) is 0. The molecule has 0 bridgehead atoms. The van der Waals surface area contributed by atoms with Crippen LogP contribution in [0.15, 0.2) is 35.4 Å². The van der Waals surface area contributed by atoms with E-state index in [2.05, 4.69) is 10.0 Å². The topological polar surface area (TPSA) is 78.3 Å². The smallest absolute Gasteiger partial charge is 0.410 e. The van der Waals surface area contributed by atoms with Crippen molar-refractivity contribution in [1.82, 2.24) is 4.90 Å². The third-order valence-corrected chi connectivity index (χ3v) is 3.84. The first-order chi connectivity index (χ1) is 10.2. The third-order valence-electron chi connectivity index (χ3n) is 3.84. The Morgan fingerprint density at radius 3 is 3.00 bits per heavy atom. The van der Waals surface area contributed by atoms with Crippen LogP contribution < -0.4 is 0 Å². The van der Waals surface area contributed by atoms with Gasteiger partial charge < -0.3 is 9.64 Å². The fourth-order valence-corrected chi connectivity index (χ4v) is 2.56. The lowest BCUT2D eigenvalue weighted by molar-refractivity contribution is 0.0765. The minimum Gasteiger partial charge on any atom is -0.445 e. The fraction of sp³-hybridized carbons (Fsp3) is 0.533. The van der Waals surface area contributed by atoms with Crippen molar-refractivity contribution in [2.75, 3.05) is 13.1 Å². The molecule has 0 radical (unpaired) electrons. The minimum atomic E-state index is -0.295. The average molecular weight is 288 g/mol. The van der Waals surface area contributed by atoms with Gasteiger partial charge in [-0.15, -0.1) is 0 Å². The molecule has 1 fully saturated rings. The monoisotopic (exact) mass is 288 g/mol. The normalized spacial score (nSPS) is 19.5. The van der Waals surface area contributed by atoms with Crippen molar-refractivity contribution in [3.8, 4) is 0 Å². The van der Waals surface area contributed by atoms with Gasteiger partial charge in [0.25, 0.3) is 0 Å². The summed E-state index contributed by atoms with van der Waals surface area (Å²) in [5, 5.41) is 3.74. The highest BCUT2D eigenvalue weighted by Crippen LogP contribution is 2.22. The first-order valence-corrected chi connectivity index (χ1v) is 7.20. The second kappa shape index (κ2) is 7.55. The number of carbonyl (C=O) groups excluding carboxylic acids is 1. The molecule has 2 unspecified atom stereocenters. The molecular formula is C15H20N4O2. The van der Waals surface area contributed by atoms with Gasteiger partial charge in [-0.05, 0) is 29.9 Å². The Morgan fingerprint density at radius 1 is 1.52 bits per heavy atom. The van der Waals surface area contributed by atoms with Crippen LogP contribution in [0.25, 0.3) is 10.4 Å². The summed E-state index contributed by atoms with van der Waals surface area (Å²) in [6, 6.07) is 9.52. The number of azide groups is 1. The van der Waals surface area contributed by atoms with Gasteiger partial charge in [-0.1, -0.05) is 42.4 Å². The lowest BCUT2D eigenvalue weighted by atomic mass is 9.92. The van der Waals surface area contributed by atoms with Gasteiger partial charge in [-0.25, -0.2) is 4.79 Å². The van der Waals surface area contributed by atoms with E-state index in [4.69, 9.17) is 10.3 Å². The Bertz CT molecular complexity index is 514. The van der Waals surface area contributed by atoms with Crippen molar-refractivity contribution < 1.29 is 9.53 Å². The number of amides is 1. The van der Waals surface area contributed by atoms with E-state index < -0.39 is 0 Å². The fourth-order valence-electron chi connectivity index (χ4n) is 2.56. The molecule has 1 aromatic carbocycles. The van der Waals surface area contributed by atoms with E-state index in [-0.39, 0.29) is 24.7 Å². The zero-order valence-electron chi connectivity index (χ0n) is 12.2. The first-order valence-electron chi connectivity index (χ1n) is 7.20. The molecular weight excluding hydrogens is 268 g/mol. The zero-order valence-corrected chi connectivity index (χ0v) is 12.2. The maximum absolute atomic E-state index is 12.1. The Kier molecular flexibility index (Phi) is 5.46. The number of benzene rings is 1. The van der Waals surface area contributed by atoms with Gasteiger partial charge in [0, 0.05) is 24.0 Å². The molecule has 0 saturated carbocycles. The van der Waals surface area contributed by atoms with Crippen LogP contribution in [0.5, 0.6) is 0 Å². The largest absolute Gasteiger partial charge is 0.445 e. The highest BCUT2D eigenvalue weighted by atomic mass is 16.6. The van der Waals surface area contributed by atoms with Crippen molar-refractivity contribution in [1.29, 1.82) is 0 Å². The van der Waals surface area contributed by atoms with Crippen LogP contribution in [-0.4, -0.2) is 30.1 Å². The predicted molar refractivity (Wildman–Crippen MR) is 79.5 cm³/mol. The lowest BCUT2D eigenvalue weighted by Gasteiger charge is -2.33. The van der Waals surface area contributed by atoms with Crippen molar-refractivity contribution in [2.45, 2.75) is 32.4 Å². The molecule has 2 atom stereocenters. The van der Waals surface area contributed by atoms with E-state index in [0.29, 0.717) is 13.1 Å². The van der Waals surface area contributed by atoms with Crippen LogP contribution in [0.3, 0.4) is 0 Å². The first kappa shape index (κ1) is 15.2. The van der Waals surface area contributed by atoms with Crippen LogP contribution in [-0.2, 0) is 11.3 Å². The number of carbonyl (C=O) groups is 1. The molecule has 21 heavy (non-hydrogen) atoms. The molecule has 0 N–H and O–H groups in total. The van der Waals surface area contributed by atoms with Crippen LogP contribution in [0.1, 0.15) is 25.3 Å². The molecule has 1 aromatic rings. The molecule has 1 aliphatic heterocycles. The van der Waals surface area contributed by atoms with E-state index in [0.717, 1.165) is 18.4 Å². The SMILES string of the molecule is CC(N=[N+]=[N-])C1CCCN(C(=O)OCc2ccccc2)C1. The van der Waals surface area contributed by atoms with Crippen molar-refractivity contribution in [2.24, 2.45) is 11.0 Å². The average Bonchev–Trinajstić information content (AvgIpc) is 2.54. The van der Waals surface area contributed by atoms with Crippen LogP contribution in [0.4, 0.5) is 4.79 Å². The number of ether oxygens (including phenoxy) is 1. The molecule has 1 aliphatic rings. The Hall–Kier alpha value is -2.20. The quantitative estimate of drug-likeness (QED) is 0.480. The molecule has 1 heterocycles. The van der Waals surface area contributed by atoms with Gasteiger partial charge in [0.2, 0.25) is 0 Å². The van der Waals surface area contributed by atoms with Crippen molar-refractivity contribution >= 4 is 6.09 Å². The molecule has 6 nitrogen and oxygen atoms in total. The predicted octanol–water partition coefficient (Wildman–Crippen LogP) is 3.73. The van der Waals surface area contributed by atoms with Crippen LogP contribution in [0, 0.1) is 5.92 Å². The molecule has 6 heteroatoms. The maximum atomic E-state index is 12.1. The van der Waals surface area contributed by atoms with Crippen LogP contribution in [0.2, 0.25) is 0 Å². The van der Waals surface area contributed by atoms with E-state index >= 15 is 0 Å². The summed E-state index contributed by atoms with van der Waals surface area (Å²) < 4.78 is 5.34. The molecule has 2 rings (SSSR count). The Morgan fingerprint density at radius 2 is 2.29 bits per heavy atom. The molecule has 0 spiro atoms. The summed E-state index contributed by atoms with van der Waals surface area (Å²) in [6.45, 7) is 3.47. The molecule has 0 aromatic heterocycles. The zero-order chi connectivity index (χ0) is 15.1. The van der Waals surface area contributed by atoms with E-state index in [1.165, 1.54) is 0 Å². The van der Waals surface area contributed by atoms with E-state index in [9.17, 15) is 4.79 Å². The summed E-state index contributed by atoms with van der Waals surface area (Å²) in [5.74, 6) is 0.207. The molecule has 0 aliphatic carbocycles. The number of nitrogens with zero attached hydrogens (tertiary/aromatic N) is 4. The van der Waals surface area contributed by atoms with Gasteiger partial charge in [0.05, 0.1) is 0 Å². The molecule has 1 saturated heterocycles. The second-order valence-electron chi connectivity index (χ2n) is 5.33. The highest BCUT2D eigenvalue weighted by molar-refractivity contribution is 5.67. The van der Waals surface area contributed by atoms with Crippen LogP contribution >= 0.6 is 0 Å². The van der Waals surface area contributed by atoms with Gasteiger partial charge in [-0.3, -0.25) is 0 Å². The summed E-state index contributed by atoms with van der Waals surface area (Å²) >= 11 is 0. The van der Waals surface area contributed by atoms with Gasteiger partial charge in [0.15, 0.2) is 0 Å². The Labute approximate surface area is 124 Å². The van der Waals surface area contributed by atoms with Crippen molar-refractivity contribution in [3.05, 3.63) is 46.3 Å². The number of likely N-dealkylation sites (tertiary alicyclic amines) is 1. The number of hydrogen-bond acceptors (Lipinski definition) is 3. The van der Waals surface area contributed by atoms with Crippen molar-refractivity contribution in [3.63, 3.8) is 0 Å². The number of piperidine rings is 1. The standard InChI is InChI=1S/C15H20N4O2/c1-12(17-18-16)14-8-5-9-19(10-14)15(20)21-11-13-6-3-2-4-7-13/h2-4,6-7,12,14H,5,8-11H2,1H3. The molecule has 112 valence electrons. The summed E-state index contributed by atoms with van der Waals surface area (Å²) in [5.41, 5.74) is 9.48. The highest BCUT2D eigenvalue weighted by Gasteiger charge is 2.27. The summed E-state index contributed by atoms with van der Waals surface area (Å²) in [4.78, 5) is 16.7. The lowest BCUT2D eigenvalue weighted by Crippen LogP contribution is -2.42. The molecule has 1 amide bonds. The van der Waals surface area contributed by atoms with Gasteiger partial charge in [-0.2, -0.15) is 0 Å². The van der Waals surface area contributed by atoms with E-state index in [1.54, 1.807) is 4.90 Å². The van der Waals surface area contributed by atoms with Gasteiger partial charge >= 0.3 is 6.09 Å². The summed E-state index contributed by atoms with van der Waals surface area (Å²) in [7, 11) is 0. The third kappa shape index (κ3) is 4.39. The number of rotatable bonds is 4. The maximum Gasteiger partial charge on any atom is 0.410 e. The second-order valence-corrected chi connectivity index (χ2v) is 5.33.